The highest BCUT2D eigenvalue weighted by Gasteiger charge is 2.56. The van der Waals surface area contributed by atoms with Crippen LogP contribution in [0.3, 0.4) is 0 Å². The molecule has 1 fully saturated rings. The maximum atomic E-state index is 11.0. The summed E-state index contributed by atoms with van der Waals surface area (Å²) >= 11 is 0. The molecule has 3 nitrogen and oxygen atoms in total. The Morgan fingerprint density at radius 2 is 2.55 bits per heavy atom. The SMILES string of the molecule is CCOC(=O)[C@@H]1C[C@]1(C)C#N. The number of nitriles is 1. The molecular formula is C8H11NO2. The third-order valence-electron chi connectivity index (χ3n) is 2.06. The van der Waals surface area contributed by atoms with E-state index in [0.29, 0.717) is 13.0 Å². The summed E-state index contributed by atoms with van der Waals surface area (Å²) in [6.45, 7) is 3.95. The van der Waals surface area contributed by atoms with E-state index in [1.165, 1.54) is 0 Å². The Morgan fingerprint density at radius 1 is 1.91 bits per heavy atom. The molecule has 0 unspecified atom stereocenters. The summed E-state index contributed by atoms with van der Waals surface area (Å²) in [5, 5.41) is 8.60. The second kappa shape index (κ2) is 2.54. The maximum Gasteiger partial charge on any atom is 0.310 e. The Kier molecular flexibility index (Phi) is 1.86. The average molecular weight is 153 g/mol. The molecule has 1 aliphatic rings. The highest BCUT2D eigenvalue weighted by Crippen LogP contribution is 2.52. The minimum Gasteiger partial charge on any atom is -0.466 e. The molecule has 0 aromatic rings. The molecule has 2 atom stereocenters. The molecule has 0 saturated heterocycles. The zero-order valence-electron chi connectivity index (χ0n) is 6.76. The molecule has 0 N–H and O–H groups in total. The van der Waals surface area contributed by atoms with Crippen LogP contribution in [0.15, 0.2) is 0 Å². The smallest absolute Gasteiger partial charge is 0.310 e. The molecular weight excluding hydrogens is 142 g/mol. The Labute approximate surface area is 66.0 Å². The topological polar surface area (TPSA) is 50.1 Å². The molecule has 0 aromatic carbocycles. The Balaban J connectivity index is 2.45. The van der Waals surface area contributed by atoms with Crippen LogP contribution in [0.5, 0.6) is 0 Å². The van der Waals surface area contributed by atoms with E-state index >= 15 is 0 Å². The van der Waals surface area contributed by atoms with Gasteiger partial charge in [0.15, 0.2) is 0 Å². The predicted octanol–water partition coefficient (Wildman–Crippen LogP) is 1.10. The first-order valence-corrected chi connectivity index (χ1v) is 3.72. The van der Waals surface area contributed by atoms with E-state index in [9.17, 15) is 4.79 Å². The minimum absolute atomic E-state index is 0.174. The standard InChI is InChI=1S/C8H11NO2/c1-3-11-7(10)6-4-8(6,2)5-9/h6H,3-4H2,1-2H3/t6-,8+/m0/s1. The van der Waals surface area contributed by atoms with Gasteiger partial charge in [-0.3, -0.25) is 4.79 Å². The van der Waals surface area contributed by atoms with E-state index in [2.05, 4.69) is 6.07 Å². The number of hydrogen-bond donors (Lipinski definition) is 0. The molecule has 0 spiro atoms. The van der Waals surface area contributed by atoms with Gasteiger partial charge in [-0.25, -0.2) is 0 Å². The molecule has 0 radical (unpaired) electrons. The fourth-order valence-corrected chi connectivity index (χ4v) is 1.07. The van der Waals surface area contributed by atoms with E-state index in [0.717, 1.165) is 0 Å². The van der Waals surface area contributed by atoms with E-state index in [1.54, 1.807) is 13.8 Å². The van der Waals surface area contributed by atoms with Gasteiger partial charge in [-0.2, -0.15) is 5.26 Å². The van der Waals surface area contributed by atoms with Crippen LogP contribution in [0.2, 0.25) is 0 Å². The van der Waals surface area contributed by atoms with Crippen LogP contribution in [0.1, 0.15) is 20.3 Å². The Hall–Kier alpha value is -1.04. The van der Waals surface area contributed by atoms with Crippen molar-refractivity contribution in [2.24, 2.45) is 11.3 Å². The normalized spacial score (nSPS) is 34.1. The monoisotopic (exact) mass is 153 g/mol. The van der Waals surface area contributed by atoms with Gasteiger partial charge in [-0.15, -0.1) is 0 Å². The number of carbonyl (C=O) groups is 1. The van der Waals surface area contributed by atoms with Crippen LogP contribution in [0.25, 0.3) is 0 Å². The number of ether oxygens (including phenoxy) is 1. The second-order valence-electron chi connectivity index (χ2n) is 3.04. The van der Waals surface area contributed by atoms with Crippen LogP contribution >= 0.6 is 0 Å². The number of rotatable bonds is 2. The zero-order valence-corrected chi connectivity index (χ0v) is 6.76. The second-order valence-corrected chi connectivity index (χ2v) is 3.04. The molecule has 1 aliphatic carbocycles. The van der Waals surface area contributed by atoms with Gasteiger partial charge in [0.2, 0.25) is 0 Å². The van der Waals surface area contributed by atoms with Gasteiger partial charge in [0.05, 0.1) is 24.0 Å². The van der Waals surface area contributed by atoms with E-state index in [4.69, 9.17) is 10.00 Å². The van der Waals surface area contributed by atoms with E-state index < -0.39 is 5.41 Å². The summed E-state index contributed by atoms with van der Waals surface area (Å²) in [5.41, 5.74) is -0.438. The van der Waals surface area contributed by atoms with Gasteiger partial charge < -0.3 is 4.74 Å². The number of esters is 1. The summed E-state index contributed by atoms with van der Waals surface area (Å²) in [6, 6.07) is 2.10. The third kappa shape index (κ3) is 1.35. The molecule has 0 heterocycles. The summed E-state index contributed by atoms with van der Waals surface area (Å²) in [7, 11) is 0. The zero-order chi connectivity index (χ0) is 8.48. The van der Waals surface area contributed by atoms with Gasteiger partial charge in [0.25, 0.3) is 0 Å². The number of nitrogens with zero attached hydrogens (tertiary/aromatic N) is 1. The van der Waals surface area contributed by atoms with Crippen molar-refractivity contribution in [2.75, 3.05) is 6.61 Å². The van der Waals surface area contributed by atoms with Gasteiger partial charge >= 0.3 is 5.97 Å². The van der Waals surface area contributed by atoms with Crippen molar-refractivity contribution in [1.29, 1.82) is 5.26 Å². The van der Waals surface area contributed by atoms with E-state index in [1.807, 2.05) is 0 Å². The number of hydrogen-bond acceptors (Lipinski definition) is 3. The fraction of sp³-hybridized carbons (Fsp3) is 0.750. The van der Waals surface area contributed by atoms with Crippen LogP contribution in [0.4, 0.5) is 0 Å². The fourth-order valence-electron chi connectivity index (χ4n) is 1.07. The predicted molar refractivity (Wildman–Crippen MR) is 38.5 cm³/mol. The minimum atomic E-state index is -0.438. The number of carbonyl (C=O) groups excluding carboxylic acids is 1. The quantitative estimate of drug-likeness (QED) is 0.558. The summed E-state index contributed by atoms with van der Waals surface area (Å²) in [5.74, 6) is -0.399. The van der Waals surface area contributed by atoms with Gasteiger partial charge in [0, 0.05) is 0 Å². The molecule has 0 aromatic heterocycles. The Bertz CT molecular complexity index is 219. The molecule has 1 saturated carbocycles. The molecule has 1 rings (SSSR count). The van der Waals surface area contributed by atoms with Gasteiger partial charge in [0.1, 0.15) is 0 Å². The van der Waals surface area contributed by atoms with Crippen molar-refractivity contribution in [1.82, 2.24) is 0 Å². The molecule has 0 aliphatic heterocycles. The van der Waals surface area contributed by atoms with Crippen molar-refractivity contribution >= 4 is 5.97 Å². The van der Waals surface area contributed by atoms with Crippen molar-refractivity contribution in [3.05, 3.63) is 0 Å². The van der Waals surface area contributed by atoms with Crippen LogP contribution in [-0.4, -0.2) is 12.6 Å². The lowest BCUT2D eigenvalue weighted by molar-refractivity contribution is -0.145. The van der Waals surface area contributed by atoms with Crippen molar-refractivity contribution in [3.8, 4) is 6.07 Å². The molecule has 0 bridgehead atoms. The maximum absolute atomic E-state index is 11.0. The largest absolute Gasteiger partial charge is 0.466 e. The molecule has 60 valence electrons. The van der Waals surface area contributed by atoms with E-state index in [-0.39, 0.29) is 11.9 Å². The van der Waals surface area contributed by atoms with Crippen LogP contribution in [0, 0.1) is 22.7 Å². The van der Waals surface area contributed by atoms with Crippen molar-refractivity contribution in [3.63, 3.8) is 0 Å². The first kappa shape index (κ1) is 8.06. The molecule has 3 heteroatoms. The lowest BCUT2D eigenvalue weighted by atomic mass is 10.1. The van der Waals surface area contributed by atoms with Crippen LogP contribution < -0.4 is 0 Å². The Morgan fingerprint density at radius 3 is 2.91 bits per heavy atom. The van der Waals surface area contributed by atoms with Crippen molar-refractivity contribution in [2.45, 2.75) is 20.3 Å². The lowest BCUT2D eigenvalue weighted by Crippen LogP contribution is -2.10. The summed E-state index contributed by atoms with van der Waals surface area (Å²) in [4.78, 5) is 11.0. The molecule has 0 amide bonds. The first-order valence-electron chi connectivity index (χ1n) is 3.72. The first-order chi connectivity index (χ1) is 5.14. The third-order valence-corrected chi connectivity index (χ3v) is 2.06. The van der Waals surface area contributed by atoms with Gasteiger partial charge in [-0.1, -0.05) is 0 Å². The summed E-state index contributed by atoms with van der Waals surface area (Å²) < 4.78 is 4.77. The highest BCUT2D eigenvalue weighted by molar-refractivity contribution is 5.77. The summed E-state index contributed by atoms with van der Waals surface area (Å²) in [6.07, 6.45) is 0.655. The highest BCUT2D eigenvalue weighted by atomic mass is 16.5. The molecule has 11 heavy (non-hydrogen) atoms. The lowest BCUT2D eigenvalue weighted by Gasteiger charge is -2.00. The van der Waals surface area contributed by atoms with Crippen molar-refractivity contribution < 1.29 is 9.53 Å². The van der Waals surface area contributed by atoms with Gasteiger partial charge in [-0.05, 0) is 20.3 Å². The van der Waals surface area contributed by atoms with Crippen LogP contribution in [-0.2, 0) is 9.53 Å². The average Bonchev–Trinajstić information content (AvgIpc) is 2.65.